The largest absolute Gasteiger partial charge is 0.490 e. The standard InChI is InChI=1S/C33H26N2O6/c1-35-29-12-6-26(7-13-29)28-10-16-31(17-11-28)39-19-21-41-33(37)22-32(36)40-20-18-38-30-14-8-27(9-15-30)25-4-2-24(23-34)3-5-25/h2-17H,18-22H2. The van der Waals surface area contributed by atoms with Crippen LogP contribution in [0.4, 0.5) is 5.69 Å². The second kappa shape index (κ2) is 14.5. The van der Waals surface area contributed by atoms with Crippen molar-refractivity contribution in [2.24, 2.45) is 0 Å². The Balaban J connectivity index is 1.08. The first-order chi connectivity index (χ1) is 20.0. The Bertz CT molecular complexity index is 1410. The normalized spacial score (nSPS) is 10.1. The number of nitrogens with zero attached hydrogens (tertiary/aromatic N) is 2. The van der Waals surface area contributed by atoms with Gasteiger partial charge in [0.05, 0.1) is 18.2 Å². The predicted molar refractivity (Wildman–Crippen MR) is 152 cm³/mol. The molecule has 8 nitrogen and oxygen atoms in total. The molecule has 0 spiro atoms. The maximum atomic E-state index is 11.9. The molecule has 0 bridgehead atoms. The van der Waals surface area contributed by atoms with Crippen LogP contribution in [0.15, 0.2) is 97.1 Å². The van der Waals surface area contributed by atoms with Crippen LogP contribution in [0.25, 0.3) is 27.1 Å². The molecule has 4 aromatic rings. The molecule has 0 saturated heterocycles. The fraction of sp³-hybridized carbons (Fsp3) is 0.152. The van der Waals surface area contributed by atoms with Crippen LogP contribution >= 0.6 is 0 Å². The van der Waals surface area contributed by atoms with E-state index in [1.807, 2.05) is 60.7 Å². The molecule has 0 aromatic heterocycles. The zero-order valence-electron chi connectivity index (χ0n) is 22.1. The van der Waals surface area contributed by atoms with E-state index in [0.29, 0.717) is 22.7 Å². The molecule has 0 fully saturated rings. The summed E-state index contributed by atoms with van der Waals surface area (Å²) in [6, 6.07) is 31.5. The molecular weight excluding hydrogens is 520 g/mol. The Morgan fingerprint density at radius 1 is 0.610 bits per heavy atom. The van der Waals surface area contributed by atoms with Crippen molar-refractivity contribution in [1.29, 1.82) is 5.26 Å². The minimum absolute atomic E-state index is 0.00642. The Labute approximate surface area is 238 Å². The molecule has 0 aliphatic rings. The third kappa shape index (κ3) is 8.71. The van der Waals surface area contributed by atoms with Gasteiger partial charge < -0.3 is 18.9 Å². The summed E-state index contributed by atoms with van der Waals surface area (Å²) in [4.78, 5) is 27.2. The van der Waals surface area contributed by atoms with Crippen LogP contribution < -0.4 is 9.47 Å². The molecule has 0 heterocycles. The molecule has 0 unspecified atom stereocenters. The van der Waals surface area contributed by atoms with Gasteiger partial charge in [-0.25, -0.2) is 4.85 Å². The second-order valence-corrected chi connectivity index (χ2v) is 8.71. The quantitative estimate of drug-likeness (QED) is 0.0880. The van der Waals surface area contributed by atoms with E-state index in [2.05, 4.69) is 10.9 Å². The molecule has 0 atom stereocenters. The number of hydrogen-bond donors (Lipinski definition) is 0. The highest BCUT2D eigenvalue weighted by atomic mass is 16.6. The number of rotatable bonds is 12. The number of carbonyl (C=O) groups is 2. The molecule has 4 rings (SSSR count). The molecule has 0 amide bonds. The summed E-state index contributed by atoms with van der Waals surface area (Å²) in [5.41, 5.74) is 5.14. The monoisotopic (exact) mass is 546 g/mol. The Morgan fingerprint density at radius 2 is 1.00 bits per heavy atom. The minimum Gasteiger partial charge on any atom is -0.490 e. The van der Waals surface area contributed by atoms with Crippen molar-refractivity contribution in [1.82, 2.24) is 0 Å². The van der Waals surface area contributed by atoms with Gasteiger partial charge in [0.15, 0.2) is 5.69 Å². The van der Waals surface area contributed by atoms with Crippen molar-refractivity contribution < 1.29 is 28.5 Å². The molecule has 4 aromatic carbocycles. The number of esters is 2. The van der Waals surface area contributed by atoms with Crippen LogP contribution in [0, 0.1) is 17.9 Å². The van der Waals surface area contributed by atoms with E-state index in [-0.39, 0.29) is 26.4 Å². The van der Waals surface area contributed by atoms with Gasteiger partial charge in [0.25, 0.3) is 0 Å². The van der Waals surface area contributed by atoms with Crippen molar-refractivity contribution in [3.8, 4) is 39.8 Å². The van der Waals surface area contributed by atoms with Crippen molar-refractivity contribution in [2.75, 3.05) is 26.4 Å². The maximum absolute atomic E-state index is 11.9. The number of hydrogen-bond acceptors (Lipinski definition) is 7. The van der Waals surface area contributed by atoms with E-state index >= 15 is 0 Å². The number of ether oxygens (including phenoxy) is 4. The highest BCUT2D eigenvalue weighted by molar-refractivity contribution is 5.91. The highest BCUT2D eigenvalue weighted by Crippen LogP contribution is 2.25. The van der Waals surface area contributed by atoms with E-state index < -0.39 is 18.4 Å². The fourth-order valence-corrected chi connectivity index (χ4v) is 3.80. The van der Waals surface area contributed by atoms with Gasteiger partial charge in [0.2, 0.25) is 0 Å². The van der Waals surface area contributed by atoms with Gasteiger partial charge in [-0.2, -0.15) is 5.26 Å². The van der Waals surface area contributed by atoms with Crippen LogP contribution in [-0.2, 0) is 19.1 Å². The van der Waals surface area contributed by atoms with E-state index in [1.165, 1.54) is 0 Å². The van der Waals surface area contributed by atoms with Crippen LogP contribution in [0.2, 0.25) is 0 Å². The smallest absolute Gasteiger partial charge is 0.317 e. The summed E-state index contributed by atoms with van der Waals surface area (Å²) < 4.78 is 21.3. The van der Waals surface area contributed by atoms with Gasteiger partial charge in [0, 0.05) is 0 Å². The first kappa shape index (κ1) is 28.4. The Kier molecular flexibility index (Phi) is 10.1. The molecule has 204 valence electrons. The third-order valence-electron chi connectivity index (χ3n) is 5.90. The van der Waals surface area contributed by atoms with E-state index in [0.717, 1.165) is 22.3 Å². The zero-order chi connectivity index (χ0) is 28.9. The predicted octanol–water partition coefficient (Wildman–Crippen LogP) is 6.38. The number of carbonyl (C=O) groups excluding carboxylic acids is 2. The van der Waals surface area contributed by atoms with E-state index in [1.54, 1.807) is 36.4 Å². The van der Waals surface area contributed by atoms with Gasteiger partial charge in [-0.1, -0.05) is 60.7 Å². The molecule has 8 heteroatoms. The minimum atomic E-state index is -0.698. The lowest BCUT2D eigenvalue weighted by atomic mass is 10.0. The van der Waals surface area contributed by atoms with Gasteiger partial charge >= 0.3 is 11.9 Å². The van der Waals surface area contributed by atoms with Gasteiger partial charge in [0.1, 0.15) is 44.3 Å². The Hall–Kier alpha value is -5.60. The lowest BCUT2D eigenvalue weighted by molar-refractivity contribution is -0.155. The summed E-state index contributed by atoms with van der Waals surface area (Å²) in [6.07, 6.45) is -0.500. The van der Waals surface area contributed by atoms with Crippen LogP contribution in [-0.4, -0.2) is 38.4 Å². The second-order valence-electron chi connectivity index (χ2n) is 8.71. The fourth-order valence-electron chi connectivity index (χ4n) is 3.80. The molecule has 0 radical (unpaired) electrons. The average molecular weight is 547 g/mol. The molecular formula is C33H26N2O6. The number of nitriles is 1. The van der Waals surface area contributed by atoms with Crippen molar-refractivity contribution in [3.63, 3.8) is 0 Å². The molecule has 41 heavy (non-hydrogen) atoms. The Morgan fingerprint density at radius 3 is 1.39 bits per heavy atom. The zero-order valence-corrected chi connectivity index (χ0v) is 22.1. The topological polar surface area (TPSA) is 99.2 Å². The SMILES string of the molecule is [C-]#[N+]c1ccc(-c2ccc(OCCOC(=O)CC(=O)OCCOc3ccc(-c4ccc(C#N)cc4)cc3)cc2)cc1. The van der Waals surface area contributed by atoms with Crippen LogP contribution in [0.3, 0.4) is 0 Å². The summed E-state index contributed by atoms with van der Waals surface area (Å²) in [5, 5.41) is 8.91. The van der Waals surface area contributed by atoms with Gasteiger partial charge in [-0.3, -0.25) is 9.59 Å². The first-order valence-corrected chi connectivity index (χ1v) is 12.8. The lowest BCUT2D eigenvalue weighted by Crippen LogP contribution is -2.18. The molecule has 0 N–H and O–H groups in total. The summed E-state index contributed by atoms with van der Waals surface area (Å²) in [6.45, 7) is 7.28. The van der Waals surface area contributed by atoms with Gasteiger partial charge in [-0.05, 0) is 58.7 Å². The van der Waals surface area contributed by atoms with Crippen LogP contribution in [0.5, 0.6) is 11.5 Å². The highest BCUT2D eigenvalue weighted by Gasteiger charge is 2.12. The summed E-state index contributed by atoms with van der Waals surface area (Å²) in [5.74, 6) is -0.166. The average Bonchev–Trinajstić information content (AvgIpc) is 3.02. The molecule has 0 saturated carbocycles. The van der Waals surface area contributed by atoms with E-state index in [4.69, 9.17) is 30.8 Å². The maximum Gasteiger partial charge on any atom is 0.317 e. The van der Waals surface area contributed by atoms with Crippen LogP contribution in [0.1, 0.15) is 12.0 Å². The summed E-state index contributed by atoms with van der Waals surface area (Å²) >= 11 is 0. The number of benzene rings is 4. The van der Waals surface area contributed by atoms with Crippen molar-refractivity contribution >= 4 is 17.6 Å². The van der Waals surface area contributed by atoms with Crippen molar-refractivity contribution in [2.45, 2.75) is 6.42 Å². The molecule has 0 aliphatic heterocycles. The summed E-state index contributed by atoms with van der Waals surface area (Å²) in [7, 11) is 0. The molecule has 0 aliphatic carbocycles. The third-order valence-corrected chi connectivity index (χ3v) is 5.90. The lowest BCUT2D eigenvalue weighted by Gasteiger charge is -2.09. The van der Waals surface area contributed by atoms with Gasteiger partial charge in [-0.15, -0.1) is 0 Å². The van der Waals surface area contributed by atoms with Crippen molar-refractivity contribution in [3.05, 3.63) is 114 Å². The van der Waals surface area contributed by atoms with E-state index in [9.17, 15) is 9.59 Å². The first-order valence-electron chi connectivity index (χ1n) is 12.8.